The summed E-state index contributed by atoms with van der Waals surface area (Å²) >= 11 is 1.05. The standard InChI is InChI=1S/C9H12N5O4PS.H3N/c10-7-6-8(12-3-11-7)14(4-13-6)1-5-2-20-9(18-5)19(15,16)17;/h3-5,9H,1-2H2,(H2,10,11,12)(H2,15,16,17);1H3. The Balaban J connectivity index is 0.00000161. The highest BCUT2D eigenvalue weighted by molar-refractivity contribution is 8.05. The van der Waals surface area contributed by atoms with E-state index < -0.39 is 12.8 Å². The van der Waals surface area contributed by atoms with Gasteiger partial charge in [-0.3, -0.25) is 0 Å². The second-order valence-corrected chi connectivity index (χ2v) is 7.33. The molecule has 116 valence electrons. The highest BCUT2D eigenvalue weighted by Gasteiger charge is 2.33. The third-order valence-corrected chi connectivity index (χ3v) is 5.69. The molecule has 21 heavy (non-hydrogen) atoms. The van der Waals surface area contributed by atoms with Gasteiger partial charge in [-0.25, -0.2) is 15.0 Å². The first-order valence-electron chi connectivity index (χ1n) is 5.67. The van der Waals surface area contributed by atoms with Crippen LogP contribution < -0.4 is 16.8 Å². The van der Waals surface area contributed by atoms with Crippen LogP contribution in [0.1, 0.15) is 0 Å². The summed E-state index contributed by atoms with van der Waals surface area (Å²) in [5, 5.41) is -1.21. The van der Waals surface area contributed by atoms with Crippen molar-refractivity contribution in [2.24, 2.45) is 0 Å². The van der Waals surface area contributed by atoms with Crippen molar-refractivity contribution in [3.05, 3.63) is 12.7 Å². The summed E-state index contributed by atoms with van der Waals surface area (Å²) in [6.45, 7) is 0.371. The van der Waals surface area contributed by atoms with Gasteiger partial charge in [-0.05, 0) is 0 Å². The van der Waals surface area contributed by atoms with E-state index in [1.54, 1.807) is 10.9 Å². The van der Waals surface area contributed by atoms with E-state index in [-0.39, 0.29) is 18.1 Å². The zero-order chi connectivity index (χ0) is 14.3. The summed E-state index contributed by atoms with van der Waals surface area (Å²) in [6.07, 6.45) is 2.53. The molecule has 0 bridgehead atoms. The van der Waals surface area contributed by atoms with Gasteiger partial charge in [0, 0.05) is 5.75 Å². The van der Waals surface area contributed by atoms with E-state index in [9.17, 15) is 9.46 Å². The molecule has 0 aliphatic carbocycles. The molecule has 3 rings (SSSR count). The fourth-order valence-corrected chi connectivity index (χ4v) is 4.09. The van der Waals surface area contributed by atoms with Gasteiger partial charge in [0.15, 0.2) is 24.2 Å². The number of ether oxygens (including phenoxy) is 1. The minimum Gasteiger partial charge on any atom is -0.776 e. The summed E-state index contributed by atoms with van der Waals surface area (Å²) < 4.78 is 18.0. The third-order valence-electron chi connectivity index (χ3n) is 2.83. The number of aromatic nitrogens is 4. The van der Waals surface area contributed by atoms with E-state index in [1.807, 2.05) is 0 Å². The van der Waals surface area contributed by atoms with Crippen LogP contribution >= 0.6 is 19.4 Å². The van der Waals surface area contributed by atoms with Crippen LogP contribution in [0.25, 0.3) is 11.2 Å². The van der Waals surface area contributed by atoms with E-state index >= 15 is 0 Å². The summed E-state index contributed by atoms with van der Waals surface area (Å²) in [5.74, 6) is 0.741. The Morgan fingerprint density at radius 2 is 2.33 bits per heavy atom. The summed E-state index contributed by atoms with van der Waals surface area (Å²) in [6, 6.07) is 0. The van der Waals surface area contributed by atoms with Gasteiger partial charge in [-0.2, -0.15) is 0 Å². The van der Waals surface area contributed by atoms with Gasteiger partial charge < -0.3 is 35.5 Å². The number of fused-ring (bicyclic) bond motifs is 1. The molecule has 10 nitrogen and oxygen atoms in total. The Morgan fingerprint density at radius 3 is 3.00 bits per heavy atom. The van der Waals surface area contributed by atoms with E-state index in [1.165, 1.54) is 6.33 Å². The van der Waals surface area contributed by atoms with Gasteiger partial charge in [0.2, 0.25) is 0 Å². The molecule has 0 radical (unpaired) electrons. The summed E-state index contributed by atoms with van der Waals surface area (Å²) in [4.78, 5) is 32.0. The highest BCUT2D eigenvalue weighted by Crippen LogP contribution is 2.48. The van der Waals surface area contributed by atoms with Crippen LogP contribution in [0, 0.1) is 0 Å². The fourth-order valence-electron chi connectivity index (χ4n) is 1.95. The van der Waals surface area contributed by atoms with Gasteiger partial charge in [-0.15, -0.1) is 11.8 Å². The number of nitrogens with two attached hydrogens (primary N) is 1. The second-order valence-electron chi connectivity index (χ2n) is 4.29. The molecule has 7 N–H and O–H groups in total. The third kappa shape index (κ3) is 3.18. The molecule has 1 fully saturated rings. The van der Waals surface area contributed by atoms with Gasteiger partial charge in [0.25, 0.3) is 0 Å². The Kier molecular flexibility index (Phi) is 4.51. The molecule has 0 amide bonds. The van der Waals surface area contributed by atoms with Crippen molar-refractivity contribution < 1.29 is 19.1 Å². The largest absolute Gasteiger partial charge is 0.776 e. The molecule has 3 atom stereocenters. The molecular weight excluding hydrogens is 319 g/mol. The molecule has 3 unspecified atom stereocenters. The van der Waals surface area contributed by atoms with Crippen LogP contribution in [0.15, 0.2) is 12.7 Å². The SMILES string of the molecule is Nc1ncnc2c1ncn2CC1CSC(P(=O)([O-])O)O1.[NH4+]. The summed E-state index contributed by atoms with van der Waals surface area (Å²) in [7, 11) is -4.48. The Labute approximate surface area is 123 Å². The minimum absolute atomic E-state index is 0. The van der Waals surface area contributed by atoms with Crippen molar-refractivity contribution in [3.8, 4) is 0 Å². The van der Waals surface area contributed by atoms with Crippen molar-refractivity contribution in [1.29, 1.82) is 0 Å². The van der Waals surface area contributed by atoms with Crippen LogP contribution in [0.5, 0.6) is 0 Å². The molecule has 0 aromatic carbocycles. The lowest BCUT2D eigenvalue weighted by Crippen LogP contribution is -2.21. The molecule has 0 spiro atoms. The zero-order valence-corrected chi connectivity index (χ0v) is 12.8. The summed E-state index contributed by atoms with van der Waals surface area (Å²) in [5.41, 5.74) is 6.73. The predicted octanol–water partition coefficient (Wildman–Crippen LogP) is -0.254. The monoisotopic (exact) mass is 334 g/mol. The first-order chi connectivity index (χ1) is 9.45. The molecule has 2 aromatic heterocycles. The Bertz CT molecular complexity index is 690. The van der Waals surface area contributed by atoms with Crippen LogP contribution in [-0.4, -0.2) is 41.4 Å². The molecular formula is C9H15N6O4PS. The van der Waals surface area contributed by atoms with Gasteiger partial charge >= 0.3 is 0 Å². The molecule has 2 aromatic rings. The predicted molar refractivity (Wildman–Crippen MR) is 76.7 cm³/mol. The smallest absolute Gasteiger partial charge is 0.171 e. The highest BCUT2D eigenvalue weighted by atomic mass is 32.2. The number of imidazole rings is 1. The number of hydrogen-bond donors (Lipinski definition) is 3. The first-order valence-corrected chi connectivity index (χ1v) is 8.36. The Hall–Kier alpha value is -1.23. The van der Waals surface area contributed by atoms with Crippen LogP contribution in [0.3, 0.4) is 0 Å². The normalized spacial score (nSPS) is 24.7. The van der Waals surface area contributed by atoms with Crippen LogP contribution in [-0.2, 0) is 15.8 Å². The maximum Gasteiger partial charge on any atom is 0.171 e. The van der Waals surface area contributed by atoms with E-state index in [0.717, 1.165) is 11.8 Å². The second kappa shape index (κ2) is 5.87. The van der Waals surface area contributed by atoms with Crippen molar-refractivity contribution in [3.63, 3.8) is 0 Å². The lowest BCUT2D eigenvalue weighted by atomic mass is 10.4. The van der Waals surface area contributed by atoms with Gasteiger partial charge in [0.05, 0.1) is 19.0 Å². The number of quaternary nitrogens is 1. The number of thioether (sulfide) groups is 1. The van der Waals surface area contributed by atoms with Crippen molar-refractivity contribution in [1.82, 2.24) is 25.7 Å². The average Bonchev–Trinajstić information content (AvgIpc) is 2.98. The lowest BCUT2D eigenvalue weighted by Gasteiger charge is -2.22. The van der Waals surface area contributed by atoms with E-state index in [0.29, 0.717) is 23.5 Å². The van der Waals surface area contributed by atoms with Crippen molar-refractivity contribution >= 4 is 36.3 Å². The van der Waals surface area contributed by atoms with Gasteiger partial charge in [0.1, 0.15) is 11.8 Å². The zero-order valence-electron chi connectivity index (χ0n) is 11.1. The van der Waals surface area contributed by atoms with Crippen molar-refractivity contribution in [2.75, 3.05) is 11.5 Å². The Morgan fingerprint density at radius 1 is 1.57 bits per heavy atom. The molecule has 1 aliphatic heterocycles. The molecule has 1 saturated heterocycles. The van der Waals surface area contributed by atoms with E-state index in [2.05, 4.69) is 15.0 Å². The molecule has 1 aliphatic rings. The number of anilines is 1. The number of hydrogen-bond acceptors (Lipinski definition) is 8. The molecule has 12 heteroatoms. The van der Waals surface area contributed by atoms with Crippen LogP contribution in [0.2, 0.25) is 0 Å². The maximum atomic E-state index is 11.0. The quantitative estimate of drug-likeness (QED) is 0.638. The molecule has 3 heterocycles. The van der Waals surface area contributed by atoms with Crippen LogP contribution in [0.4, 0.5) is 5.82 Å². The van der Waals surface area contributed by atoms with Gasteiger partial charge in [-0.1, -0.05) is 0 Å². The number of rotatable bonds is 3. The molecule has 0 saturated carbocycles. The number of nitrogens with zero attached hydrogens (tertiary/aromatic N) is 4. The minimum atomic E-state index is -4.48. The van der Waals surface area contributed by atoms with Crippen molar-refractivity contribution in [2.45, 2.75) is 17.8 Å². The van der Waals surface area contributed by atoms with E-state index in [4.69, 9.17) is 15.4 Å². The topological polar surface area (TPSA) is 176 Å². The average molecular weight is 334 g/mol. The lowest BCUT2D eigenvalue weighted by molar-refractivity contribution is -0.201. The fraction of sp³-hybridized carbons (Fsp3) is 0.444. The first kappa shape index (κ1) is 16.1. The number of nitrogen functional groups attached to an aromatic ring is 1. The maximum absolute atomic E-state index is 11.0.